The van der Waals surface area contributed by atoms with Gasteiger partial charge in [0.05, 0.1) is 12.0 Å². The number of amides is 1. The molecule has 0 radical (unpaired) electrons. The number of carbonyl (C=O) groups is 1. The highest BCUT2D eigenvalue weighted by Crippen LogP contribution is 2.32. The summed E-state index contributed by atoms with van der Waals surface area (Å²) < 4.78 is 13.1. The van der Waals surface area contributed by atoms with E-state index in [1.807, 2.05) is 12.1 Å². The van der Waals surface area contributed by atoms with Crippen molar-refractivity contribution >= 4 is 17.5 Å². The van der Waals surface area contributed by atoms with Crippen LogP contribution >= 0.6 is 11.6 Å². The second-order valence-corrected chi connectivity index (χ2v) is 7.47. The summed E-state index contributed by atoms with van der Waals surface area (Å²) in [5.74, 6) is -0.314. The Hall–Kier alpha value is -1.95. The number of halogens is 2. The molecule has 2 N–H and O–H groups in total. The van der Waals surface area contributed by atoms with Crippen LogP contribution in [0.15, 0.2) is 48.5 Å². The van der Waals surface area contributed by atoms with Crippen molar-refractivity contribution in [3.63, 3.8) is 0 Å². The first-order valence-corrected chi connectivity index (χ1v) is 9.54. The quantitative estimate of drug-likeness (QED) is 0.796. The predicted molar refractivity (Wildman–Crippen MR) is 104 cm³/mol. The molecule has 0 spiro atoms. The lowest BCUT2D eigenvalue weighted by molar-refractivity contribution is -0.120. The van der Waals surface area contributed by atoms with Gasteiger partial charge >= 0.3 is 0 Å². The third-order valence-electron chi connectivity index (χ3n) is 5.09. The molecule has 27 heavy (non-hydrogen) atoms. The van der Waals surface area contributed by atoms with Crippen molar-refractivity contribution in [2.45, 2.75) is 24.9 Å². The van der Waals surface area contributed by atoms with Gasteiger partial charge in [-0.1, -0.05) is 35.9 Å². The average molecular weight is 391 g/mol. The minimum Gasteiger partial charge on any atom is -0.385 e. The Labute approximate surface area is 164 Å². The van der Waals surface area contributed by atoms with Crippen LogP contribution in [0.1, 0.15) is 24.0 Å². The molecule has 6 heteroatoms. The van der Waals surface area contributed by atoms with E-state index in [0.717, 1.165) is 30.8 Å². The topological polar surface area (TPSA) is 52.6 Å². The van der Waals surface area contributed by atoms with Crippen LogP contribution in [-0.2, 0) is 16.8 Å². The van der Waals surface area contributed by atoms with Crippen LogP contribution in [0.2, 0.25) is 5.02 Å². The second-order valence-electron chi connectivity index (χ2n) is 7.03. The molecule has 1 heterocycles. The Balaban J connectivity index is 1.40. The smallest absolute Gasteiger partial charge is 0.224 e. The fourth-order valence-corrected chi connectivity index (χ4v) is 3.52. The normalized spacial score (nSPS) is 16.9. The van der Waals surface area contributed by atoms with Crippen molar-refractivity contribution in [1.29, 1.82) is 0 Å². The zero-order chi connectivity index (χ0) is 19.3. The Morgan fingerprint density at radius 3 is 2.37 bits per heavy atom. The molecule has 1 aliphatic rings. The van der Waals surface area contributed by atoms with Gasteiger partial charge in [0, 0.05) is 31.2 Å². The van der Waals surface area contributed by atoms with Crippen molar-refractivity contribution in [3.05, 3.63) is 70.5 Å². The number of hydrogen-bond donors (Lipinski definition) is 2. The van der Waals surface area contributed by atoms with Crippen LogP contribution in [0.5, 0.6) is 0 Å². The largest absolute Gasteiger partial charge is 0.385 e. The molecule has 0 unspecified atom stereocenters. The van der Waals surface area contributed by atoms with Gasteiger partial charge in [-0.3, -0.25) is 4.79 Å². The van der Waals surface area contributed by atoms with Gasteiger partial charge in [0.15, 0.2) is 0 Å². The molecule has 0 bridgehead atoms. The molecule has 1 saturated heterocycles. The second kappa shape index (κ2) is 8.83. The minimum atomic E-state index is -0.901. The van der Waals surface area contributed by atoms with E-state index >= 15 is 0 Å². The maximum absolute atomic E-state index is 13.1. The van der Waals surface area contributed by atoms with Gasteiger partial charge in [0.2, 0.25) is 5.91 Å². The Kier molecular flexibility index (Phi) is 6.47. The van der Waals surface area contributed by atoms with Gasteiger partial charge in [-0.2, -0.15) is 0 Å². The van der Waals surface area contributed by atoms with E-state index in [2.05, 4.69) is 10.2 Å². The summed E-state index contributed by atoms with van der Waals surface area (Å²) >= 11 is 5.84. The first kappa shape index (κ1) is 19.8. The SMILES string of the molecule is O=C(Cc1ccc(Cl)cc1)NCCN1CCC(O)(c2ccc(F)cc2)CC1. The van der Waals surface area contributed by atoms with Crippen LogP contribution in [0.3, 0.4) is 0 Å². The maximum atomic E-state index is 13.1. The summed E-state index contributed by atoms with van der Waals surface area (Å²) in [5, 5.41) is 14.4. The predicted octanol–water partition coefficient (Wildman–Crippen LogP) is 3.12. The Bertz CT molecular complexity index is 757. The molecule has 0 aliphatic carbocycles. The molecule has 0 aromatic heterocycles. The standard InChI is InChI=1S/C21H24ClFN2O2/c22-18-5-1-16(2-6-18)15-20(26)24-11-14-25-12-9-21(27,10-13-25)17-3-7-19(23)8-4-17/h1-8,27H,9-15H2,(H,24,26). The summed E-state index contributed by atoms with van der Waals surface area (Å²) in [6.45, 7) is 2.79. The highest BCUT2D eigenvalue weighted by molar-refractivity contribution is 6.30. The first-order valence-electron chi connectivity index (χ1n) is 9.16. The van der Waals surface area contributed by atoms with E-state index < -0.39 is 5.60 Å². The number of nitrogens with zero attached hydrogens (tertiary/aromatic N) is 1. The fraction of sp³-hybridized carbons (Fsp3) is 0.381. The molecule has 0 atom stereocenters. The summed E-state index contributed by atoms with van der Waals surface area (Å²) in [6.07, 6.45) is 1.52. The third-order valence-corrected chi connectivity index (χ3v) is 5.34. The van der Waals surface area contributed by atoms with E-state index in [0.29, 0.717) is 30.8 Å². The maximum Gasteiger partial charge on any atom is 0.224 e. The molecular formula is C21H24ClFN2O2. The lowest BCUT2D eigenvalue weighted by Gasteiger charge is -2.38. The Morgan fingerprint density at radius 2 is 1.74 bits per heavy atom. The van der Waals surface area contributed by atoms with Gasteiger partial charge < -0.3 is 15.3 Å². The van der Waals surface area contributed by atoms with Crippen LogP contribution in [0.25, 0.3) is 0 Å². The van der Waals surface area contributed by atoms with E-state index in [4.69, 9.17) is 11.6 Å². The van der Waals surface area contributed by atoms with Crippen molar-refractivity contribution in [2.24, 2.45) is 0 Å². The molecule has 144 valence electrons. The zero-order valence-electron chi connectivity index (χ0n) is 15.1. The molecule has 0 saturated carbocycles. The molecule has 2 aromatic carbocycles. The highest BCUT2D eigenvalue weighted by Gasteiger charge is 2.33. The lowest BCUT2D eigenvalue weighted by Crippen LogP contribution is -2.45. The number of aliphatic hydroxyl groups is 1. The number of nitrogens with one attached hydrogen (secondary N) is 1. The Morgan fingerprint density at radius 1 is 1.11 bits per heavy atom. The summed E-state index contributed by atoms with van der Waals surface area (Å²) in [4.78, 5) is 14.2. The summed E-state index contributed by atoms with van der Waals surface area (Å²) in [6, 6.07) is 13.3. The fourth-order valence-electron chi connectivity index (χ4n) is 3.40. The number of likely N-dealkylation sites (tertiary alicyclic amines) is 1. The molecule has 1 amide bonds. The summed E-state index contributed by atoms with van der Waals surface area (Å²) in [7, 11) is 0. The molecular weight excluding hydrogens is 367 g/mol. The van der Waals surface area contributed by atoms with E-state index in [1.54, 1.807) is 24.3 Å². The lowest BCUT2D eigenvalue weighted by atomic mass is 9.84. The van der Waals surface area contributed by atoms with Gasteiger partial charge in [-0.25, -0.2) is 4.39 Å². The molecule has 1 fully saturated rings. The van der Waals surface area contributed by atoms with Gasteiger partial charge in [0.1, 0.15) is 5.82 Å². The van der Waals surface area contributed by atoms with Crippen LogP contribution in [0.4, 0.5) is 4.39 Å². The van der Waals surface area contributed by atoms with Gasteiger partial charge in [-0.05, 0) is 48.2 Å². The number of rotatable bonds is 6. The van der Waals surface area contributed by atoms with E-state index in [-0.39, 0.29) is 11.7 Å². The van der Waals surface area contributed by atoms with E-state index in [1.165, 1.54) is 12.1 Å². The van der Waals surface area contributed by atoms with Crippen LogP contribution in [0, 0.1) is 5.82 Å². The number of carbonyl (C=O) groups excluding carboxylic acids is 1. The van der Waals surface area contributed by atoms with Crippen molar-refractivity contribution in [2.75, 3.05) is 26.2 Å². The van der Waals surface area contributed by atoms with Crippen molar-refractivity contribution in [3.8, 4) is 0 Å². The van der Waals surface area contributed by atoms with Crippen LogP contribution in [-0.4, -0.2) is 42.1 Å². The monoisotopic (exact) mass is 390 g/mol. The van der Waals surface area contributed by atoms with E-state index in [9.17, 15) is 14.3 Å². The molecule has 3 rings (SSSR count). The number of hydrogen-bond acceptors (Lipinski definition) is 3. The molecule has 1 aliphatic heterocycles. The molecule has 4 nitrogen and oxygen atoms in total. The molecule has 2 aromatic rings. The van der Waals surface area contributed by atoms with Crippen molar-refractivity contribution in [1.82, 2.24) is 10.2 Å². The highest BCUT2D eigenvalue weighted by atomic mass is 35.5. The van der Waals surface area contributed by atoms with Crippen LogP contribution < -0.4 is 5.32 Å². The van der Waals surface area contributed by atoms with Crippen molar-refractivity contribution < 1.29 is 14.3 Å². The minimum absolute atomic E-state index is 0.0165. The van der Waals surface area contributed by atoms with Gasteiger partial charge in [0.25, 0.3) is 0 Å². The summed E-state index contributed by atoms with van der Waals surface area (Å²) in [5.41, 5.74) is 0.793. The third kappa shape index (κ3) is 5.51. The van der Waals surface area contributed by atoms with Gasteiger partial charge in [-0.15, -0.1) is 0 Å². The number of piperidine rings is 1. The first-order chi connectivity index (χ1) is 12.9. The average Bonchev–Trinajstić information content (AvgIpc) is 2.66. The number of benzene rings is 2. The zero-order valence-corrected chi connectivity index (χ0v) is 15.9.